The van der Waals surface area contributed by atoms with Crippen LogP contribution in [0, 0.1) is 0 Å². The van der Waals surface area contributed by atoms with Crippen molar-refractivity contribution in [3.8, 4) is 5.75 Å². The molecular weight excluding hydrogens is 228 g/mol. The zero-order valence-electron chi connectivity index (χ0n) is 11.5. The van der Waals surface area contributed by atoms with E-state index < -0.39 is 6.10 Å². The minimum atomic E-state index is -0.463. The van der Waals surface area contributed by atoms with Gasteiger partial charge in [-0.2, -0.15) is 0 Å². The summed E-state index contributed by atoms with van der Waals surface area (Å²) in [6, 6.07) is 8.34. The predicted molar refractivity (Wildman–Crippen MR) is 73.9 cm³/mol. The summed E-state index contributed by atoms with van der Waals surface area (Å²) in [4.78, 5) is 2.12. The lowest BCUT2D eigenvalue weighted by atomic mass is 10.0. The first-order chi connectivity index (χ1) is 8.58. The molecule has 0 aliphatic carbocycles. The number of rotatable bonds is 7. The molecule has 0 amide bonds. The Morgan fingerprint density at radius 3 is 2.67 bits per heavy atom. The third-order valence-electron chi connectivity index (χ3n) is 3.23. The monoisotopic (exact) mass is 252 g/mol. The molecular formula is C14H24N2O2. The van der Waals surface area contributed by atoms with Gasteiger partial charge in [-0.25, -0.2) is 0 Å². The first-order valence-electron chi connectivity index (χ1n) is 6.28. The number of ether oxygens (including phenoxy) is 1. The van der Waals surface area contributed by atoms with Crippen molar-refractivity contribution in [1.82, 2.24) is 4.90 Å². The van der Waals surface area contributed by atoms with E-state index in [-0.39, 0.29) is 0 Å². The molecule has 0 aliphatic rings. The SMILES string of the molecule is COc1ccccc1CC(C)N(C)C[C@H](O)CN. The average molecular weight is 252 g/mol. The molecule has 0 aliphatic heterocycles. The fraction of sp³-hybridized carbons (Fsp3) is 0.571. The van der Waals surface area contributed by atoms with Gasteiger partial charge in [0.05, 0.1) is 13.2 Å². The molecule has 0 saturated heterocycles. The Balaban J connectivity index is 2.60. The molecule has 1 rings (SSSR count). The molecule has 4 heteroatoms. The van der Waals surface area contributed by atoms with Crippen molar-refractivity contribution in [3.63, 3.8) is 0 Å². The molecule has 18 heavy (non-hydrogen) atoms. The lowest BCUT2D eigenvalue weighted by Gasteiger charge is -2.27. The van der Waals surface area contributed by atoms with E-state index in [1.807, 2.05) is 25.2 Å². The molecule has 0 spiro atoms. The number of nitrogens with two attached hydrogens (primary N) is 1. The fourth-order valence-electron chi connectivity index (χ4n) is 1.93. The number of hydrogen-bond acceptors (Lipinski definition) is 4. The molecule has 1 aromatic carbocycles. The quantitative estimate of drug-likeness (QED) is 0.756. The predicted octanol–water partition coefficient (Wildman–Crippen LogP) is 0.878. The summed E-state index contributed by atoms with van der Waals surface area (Å²) in [5.74, 6) is 0.914. The van der Waals surface area contributed by atoms with Crippen LogP contribution in [0.1, 0.15) is 12.5 Å². The standard InChI is InChI=1S/C14H24N2O2/c1-11(16(2)10-13(17)9-15)8-12-6-4-5-7-14(12)18-3/h4-7,11,13,17H,8-10,15H2,1-3H3/t11?,13-/m1/s1. The van der Waals surface area contributed by atoms with E-state index in [1.54, 1.807) is 7.11 Å². The van der Waals surface area contributed by atoms with E-state index in [0.717, 1.165) is 12.2 Å². The fourth-order valence-corrected chi connectivity index (χ4v) is 1.93. The number of nitrogens with zero attached hydrogens (tertiary/aromatic N) is 1. The molecule has 0 saturated carbocycles. The minimum absolute atomic E-state index is 0.297. The Morgan fingerprint density at radius 2 is 2.06 bits per heavy atom. The number of aliphatic hydroxyl groups excluding tert-OH is 1. The van der Waals surface area contributed by atoms with Crippen LogP contribution in [0.15, 0.2) is 24.3 Å². The van der Waals surface area contributed by atoms with Crippen LogP contribution in [-0.2, 0) is 6.42 Å². The maximum Gasteiger partial charge on any atom is 0.122 e. The van der Waals surface area contributed by atoms with Crippen LogP contribution in [-0.4, -0.2) is 49.4 Å². The number of hydrogen-bond donors (Lipinski definition) is 2. The Bertz CT molecular complexity index is 357. The van der Waals surface area contributed by atoms with Gasteiger partial charge in [-0.15, -0.1) is 0 Å². The van der Waals surface area contributed by atoms with Gasteiger partial charge in [0.1, 0.15) is 5.75 Å². The average Bonchev–Trinajstić information content (AvgIpc) is 2.39. The molecule has 2 atom stereocenters. The van der Waals surface area contributed by atoms with E-state index >= 15 is 0 Å². The highest BCUT2D eigenvalue weighted by molar-refractivity contribution is 5.33. The van der Waals surface area contributed by atoms with Crippen LogP contribution in [0.5, 0.6) is 5.75 Å². The van der Waals surface area contributed by atoms with Gasteiger partial charge in [0.15, 0.2) is 0 Å². The smallest absolute Gasteiger partial charge is 0.122 e. The van der Waals surface area contributed by atoms with Crippen LogP contribution in [0.3, 0.4) is 0 Å². The number of methoxy groups -OCH3 is 1. The van der Waals surface area contributed by atoms with Gasteiger partial charge in [-0.1, -0.05) is 18.2 Å². The van der Waals surface area contributed by atoms with Crippen molar-refractivity contribution in [3.05, 3.63) is 29.8 Å². The molecule has 4 nitrogen and oxygen atoms in total. The van der Waals surface area contributed by atoms with E-state index in [4.69, 9.17) is 10.5 Å². The Kier molecular flexibility index (Phi) is 6.12. The maximum atomic E-state index is 9.55. The minimum Gasteiger partial charge on any atom is -0.496 e. The van der Waals surface area contributed by atoms with Crippen molar-refractivity contribution in [2.45, 2.75) is 25.5 Å². The third-order valence-corrected chi connectivity index (χ3v) is 3.23. The second-order valence-corrected chi connectivity index (χ2v) is 4.69. The van der Waals surface area contributed by atoms with Crippen LogP contribution in [0.4, 0.5) is 0 Å². The molecule has 0 heterocycles. The van der Waals surface area contributed by atoms with Gasteiger partial charge < -0.3 is 20.5 Å². The molecule has 1 unspecified atom stereocenters. The summed E-state index contributed by atoms with van der Waals surface area (Å²) in [6.45, 7) is 3.02. The lowest BCUT2D eigenvalue weighted by Crippen LogP contribution is -2.39. The summed E-state index contributed by atoms with van der Waals surface area (Å²) in [5, 5.41) is 9.55. The highest BCUT2D eigenvalue weighted by atomic mass is 16.5. The first-order valence-corrected chi connectivity index (χ1v) is 6.28. The van der Waals surface area contributed by atoms with Gasteiger partial charge in [0.25, 0.3) is 0 Å². The summed E-state index contributed by atoms with van der Waals surface area (Å²) in [6.07, 6.45) is 0.424. The van der Waals surface area contributed by atoms with Crippen molar-refractivity contribution in [2.24, 2.45) is 5.73 Å². The van der Waals surface area contributed by atoms with E-state index in [9.17, 15) is 5.11 Å². The summed E-state index contributed by atoms with van der Waals surface area (Å²) in [5.41, 5.74) is 6.60. The Labute approximate surface area is 109 Å². The van der Waals surface area contributed by atoms with E-state index in [2.05, 4.69) is 17.9 Å². The van der Waals surface area contributed by atoms with Crippen LogP contribution in [0.2, 0.25) is 0 Å². The Hall–Kier alpha value is -1.10. The second kappa shape index (κ2) is 7.36. The first kappa shape index (κ1) is 15.0. The van der Waals surface area contributed by atoms with Crippen molar-refractivity contribution < 1.29 is 9.84 Å². The van der Waals surface area contributed by atoms with Gasteiger partial charge in [0, 0.05) is 19.1 Å². The zero-order valence-corrected chi connectivity index (χ0v) is 11.5. The van der Waals surface area contributed by atoms with E-state index in [0.29, 0.717) is 19.1 Å². The molecule has 0 fully saturated rings. The number of aliphatic hydroxyl groups is 1. The molecule has 1 aromatic rings. The van der Waals surface area contributed by atoms with Gasteiger partial charge in [0.2, 0.25) is 0 Å². The summed E-state index contributed by atoms with van der Waals surface area (Å²) < 4.78 is 5.34. The summed E-state index contributed by atoms with van der Waals surface area (Å²) in [7, 11) is 3.68. The zero-order chi connectivity index (χ0) is 13.5. The highest BCUT2D eigenvalue weighted by Gasteiger charge is 2.15. The van der Waals surface area contributed by atoms with Gasteiger partial charge >= 0.3 is 0 Å². The topological polar surface area (TPSA) is 58.7 Å². The lowest BCUT2D eigenvalue weighted by molar-refractivity contribution is 0.113. The van der Waals surface area contributed by atoms with Crippen molar-refractivity contribution in [2.75, 3.05) is 27.2 Å². The van der Waals surface area contributed by atoms with Crippen LogP contribution in [0.25, 0.3) is 0 Å². The molecule has 102 valence electrons. The number of benzene rings is 1. The molecule has 0 bridgehead atoms. The van der Waals surface area contributed by atoms with Gasteiger partial charge in [-0.05, 0) is 32.0 Å². The largest absolute Gasteiger partial charge is 0.496 e. The second-order valence-electron chi connectivity index (χ2n) is 4.69. The van der Waals surface area contributed by atoms with E-state index in [1.165, 1.54) is 5.56 Å². The third kappa shape index (κ3) is 4.29. The number of para-hydroxylation sites is 1. The highest BCUT2D eigenvalue weighted by Crippen LogP contribution is 2.20. The van der Waals surface area contributed by atoms with Gasteiger partial charge in [-0.3, -0.25) is 0 Å². The normalized spacial score (nSPS) is 14.6. The Morgan fingerprint density at radius 1 is 1.39 bits per heavy atom. The number of likely N-dealkylation sites (N-methyl/N-ethyl adjacent to an activating group) is 1. The van der Waals surface area contributed by atoms with Crippen molar-refractivity contribution >= 4 is 0 Å². The van der Waals surface area contributed by atoms with Crippen molar-refractivity contribution in [1.29, 1.82) is 0 Å². The molecule has 3 N–H and O–H groups in total. The summed E-state index contributed by atoms with van der Waals surface area (Å²) >= 11 is 0. The van der Waals surface area contributed by atoms with Crippen LogP contribution < -0.4 is 10.5 Å². The molecule has 0 radical (unpaired) electrons. The van der Waals surface area contributed by atoms with Crippen LogP contribution >= 0.6 is 0 Å². The maximum absolute atomic E-state index is 9.55. The molecule has 0 aromatic heterocycles.